The summed E-state index contributed by atoms with van der Waals surface area (Å²) in [7, 11) is 1.29. The molecule has 0 atom stereocenters. The van der Waals surface area contributed by atoms with Crippen LogP contribution in [0.3, 0.4) is 0 Å². The van der Waals surface area contributed by atoms with Crippen molar-refractivity contribution in [1.82, 2.24) is 0 Å². The van der Waals surface area contributed by atoms with Gasteiger partial charge in [0.1, 0.15) is 6.61 Å². The van der Waals surface area contributed by atoms with Gasteiger partial charge in [-0.25, -0.2) is 9.59 Å². The van der Waals surface area contributed by atoms with Gasteiger partial charge in [-0.1, -0.05) is 12.1 Å². The zero-order valence-electron chi connectivity index (χ0n) is 11.9. The van der Waals surface area contributed by atoms with Crippen LogP contribution in [0, 0.1) is 11.3 Å². The molecule has 0 saturated carbocycles. The zero-order chi connectivity index (χ0) is 15.9. The van der Waals surface area contributed by atoms with Crippen molar-refractivity contribution in [2.45, 2.75) is 6.61 Å². The molecule has 0 N–H and O–H groups in total. The highest BCUT2D eigenvalue weighted by molar-refractivity contribution is 5.93. The van der Waals surface area contributed by atoms with Crippen molar-refractivity contribution in [2.24, 2.45) is 0 Å². The van der Waals surface area contributed by atoms with Crippen molar-refractivity contribution in [2.75, 3.05) is 7.11 Å². The standard InChI is InChI=1S/C17H13NO4/c1-21-16(19)14-6-8-15(9-7-14)17(20)22-11-13-4-2-12(10-18)3-5-13/h2-9H,11H2,1H3. The summed E-state index contributed by atoms with van der Waals surface area (Å²) in [6.07, 6.45) is 0. The number of rotatable bonds is 4. The van der Waals surface area contributed by atoms with Gasteiger partial charge in [0.2, 0.25) is 0 Å². The molecule has 2 aromatic carbocycles. The molecular formula is C17H13NO4. The van der Waals surface area contributed by atoms with E-state index in [9.17, 15) is 9.59 Å². The van der Waals surface area contributed by atoms with E-state index >= 15 is 0 Å². The number of methoxy groups -OCH3 is 1. The molecule has 5 heteroatoms. The SMILES string of the molecule is COC(=O)c1ccc(C(=O)OCc2ccc(C#N)cc2)cc1. The predicted molar refractivity (Wildman–Crippen MR) is 78.1 cm³/mol. The van der Waals surface area contributed by atoms with E-state index in [1.165, 1.54) is 31.4 Å². The van der Waals surface area contributed by atoms with Gasteiger partial charge in [0.05, 0.1) is 29.9 Å². The first-order chi connectivity index (χ1) is 10.6. The van der Waals surface area contributed by atoms with Crippen molar-refractivity contribution >= 4 is 11.9 Å². The topological polar surface area (TPSA) is 76.4 Å². The number of carbonyl (C=O) groups excluding carboxylic acids is 2. The third-order valence-electron chi connectivity index (χ3n) is 2.99. The zero-order valence-corrected chi connectivity index (χ0v) is 11.9. The monoisotopic (exact) mass is 295 g/mol. The number of hydrogen-bond donors (Lipinski definition) is 0. The lowest BCUT2D eigenvalue weighted by Gasteiger charge is -2.06. The molecule has 0 aromatic heterocycles. The van der Waals surface area contributed by atoms with Crippen molar-refractivity contribution in [3.05, 3.63) is 70.8 Å². The van der Waals surface area contributed by atoms with Crippen molar-refractivity contribution in [3.63, 3.8) is 0 Å². The smallest absolute Gasteiger partial charge is 0.338 e. The summed E-state index contributed by atoms with van der Waals surface area (Å²) in [5.74, 6) is -0.946. The number of nitrogens with zero attached hydrogens (tertiary/aromatic N) is 1. The molecule has 2 aromatic rings. The van der Waals surface area contributed by atoms with Crippen molar-refractivity contribution < 1.29 is 19.1 Å². The second-order valence-electron chi connectivity index (χ2n) is 4.45. The fourth-order valence-electron chi connectivity index (χ4n) is 1.77. The molecule has 0 aliphatic carbocycles. The Hall–Kier alpha value is -3.13. The normalized spacial score (nSPS) is 9.64. The molecule has 0 heterocycles. The highest BCUT2D eigenvalue weighted by Gasteiger charge is 2.10. The fourth-order valence-corrected chi connectivity index (χ4v) is 1.77. The van der Waals surface area contributed by atoms with Crippen LogP contribution in [0.1, 0.15) is 31.8 Å². The summed E-state index contributed by atoms with van der Waals surface area (Å²) in [5, 5.41) is 8.71. The molecule has 0 saturated heterocycles. The van der Waals surface area contributed by atoms with E-state index in [-0.39, 0.29) is 6.61 Å². The Labute approximate surface area is 127 Å². The number of carbonyl (C=O) groups is 2. The first kappa shape index (κ1) is 15.3. The molecule has 0 spiro atoms. The van der Waals surface area contributed by atoms with Gasteiger partial charge in [-0.3, -0.25) is 0 Å². The average Bonchev–Trinajstić information content (AvgIpc) is 2.59. The number of benzene rings is 2. The van der Waals surface area contributed by atoms with Gasteiger partial charge in [-0.15, -0.1) is 0 Å². The molecule has 0 aliphatic rings. The maximum Gasteiger partial charge on any atom is 0.338 e. The molecular weight excluding hydrogens is 282 g/mol. The summed E-state index contributed by atoms with van der Waals surface area (Å²) in [6.45, 7) is 0.114. The van der Waals surface area contributed by atoms with E-state index in [0.29, 0.717) is 16.7 Å². The average molecular weight is 295 g/mol. The van der Waals surface area contributed by atoms with Gasteiger partial charge in [-0.2, -0.15) is 5.26 Å². The second kappa shape index (κ2) is 7.04. The van der Waals surface area contributed by atoms with Crippen LogP contribution in [-0.4, -0.2) is 19.0 Å². The lowest BCUT2D eigenvalue weighted by atomic mass is 10.1. The minimum atomic E-state index is -0.485. The highest BCUT2D eigenvalue weighted by atomic mass is 16.5. The summed E-state index contributed by atoms with van der Waals surface area (Å²) >= 11 is 0. The first-order valence-electron chi connectivity index (χ1n) is 6.48. The second-order valence-corrected chi connectivity index (χ2v) is 4.45. The Morgan fingerprint density at radius 3 is 2.00 bits per heavy atom. The third-order valence-corrected chi connectivity index (χ3v) is 2.99. The molecule has 2 rings (SSSR count). The predicted octanol–water partition coefficient (Wildman–Crippen LogP) is 2.70. The van der Waals surface area contributed by atoms with E-state index in [0.717, 1.165) is 5.56 Å². The first-order valence-corrected chi connectivity index (χ1v) is 6.48. The van der Waals surface area contributed by atoms with Gasteiger partial charge >= 0.3 is 11.9 Å². The van der Waals surface area contributed by atoms with Gasteiger partial charge < -0.3 is 9.47 Å². The molecule has 110 valence electrons. The molecule has 22 heavy (non-hydrogen) atoms. The number of hydrogen-bond acceptors (Lipinski definition) is 5. The Bertz CT molecular complexity index is 712. The Balaban J connectivity index is 1.97. The molecule has 0 unspecified atom stereocenters. The van der Waals surface area contributed by atoms with Gasteiger partial charge in [0.15, 0.2) is 0 Å². The maximum atomic E-state index is 11.9. The number of ether oxygens (including phenoxy) is 2. The van der Waals surface area contributed by atoms with Crippen LogP contribution in [0.15, 0.2) is 48.5 Å². The Morgan fingerprint density at radius 2 is 1.50 bits per heavy atom. The fraction of sp³-hybridized carbons (Fsp3) is 0.118. The molecule has 5 nitrogen and oxygen atoms in total. The lowest BCUT2D eigenvalue weighted by Crippen LogP contribution is -2.06. The van der Waals surface area contributed by atoms with E-state index < -0.39 is 11.9 Å². The molecule has 0 aliphatic heterocycles. The maximum absolute atomic E-state index is 11.9. The van der Waals surface area contributed by atoms with E-state index in [4.69, 9.17) is 10.00 Å². The quantitative estimate of drug-likeness (QED) is 0.810. The van der Waals surface area contributed by atoms with Crippen molar-refractivity contribution in [1.29, 1.82) is 5.26 Å². The van der Waals surface area contributed by atoms with Crippen LogP contribution in [0.2, 0.25) is 0 Å². The van der Waals surface area contributed by atoms with Crippen LogP contribution in [0.25, 0.3) is 0 Å². The molecule has 0 bridgehead atoms. The van der Waals surface area contributed by atoms with Gasteiger partial charge in [0.25, 0.3) is 0 Å². The van der Waals surface area contributed by atoms with Crippen LogP contribution >= 0.6 is 0 Å². The van der Waals surface area contributed by atoms with Crippen molar-refractivity contribution in [3.8, 4) is 6.07 Å². The van der Waals surface area contributed by atoms with Crippen LogP contribution < -0.4 is 0 Å². The summed E-state index contributed by atoms with van der Waals surface area (Å²) in [6, 6.07) is 14.8. The van der Waals surface area contributed by atoms with Gasteiger partial charge in [0, 0.05) is 0 Å². The minimum absolute atomic E-state index is 0.114. The Morgan fingerprint density at radius 1 is 0.955 bits per heavy atom. The minimum Gasteiger partial charge on any atom is -0.465 e. The van der Waals surface area contributed by atoms with Crippen LogP contribution in [0.4, 0.5) is 0 Å². The molecule has 0 fully saturated rings. The van der Waals surface area contributed by atoms with Gasteiger partial charge in [-0.05, 0) is 42.0 Å². The van der Waals surface area contributed by atoms with E-state index in [1.54, 1.807) is 24.3 Å². The third kappa shape index (κ3) is 3.70. The lowest BCUT2D eigenvalue weighted by molar-refractivity contribution is 0.0471. The number of nitriles is 1. The molecule has 0 radical (unpaired) electrons. The van der Waals surface area contributed by atoms with Crippen LogP contribution in [0.5, 0.6) is 0 Å². The summed E-state index contributed by atoms with van der Waals surface area (Å²) < 4.78 is 9.76. The Kier molecular flexibility index (Phi) is 4.89. The summed E-state index contributed by atoms with van der Waals surface area (Å²) in [4.78, 5) is 23.2. The van der Waals surface area contributed by atoms with Crippen LogP contribution in [-0.2, 0) is 16.1 Å². The summed E-state index contributed by atoms with van der Waals surface area (Å²) in [5.41, 5.74) is 2.06. The largest absolute Gasteiger partial charge is 0.465 e. The van der Waals surface area contributed by atoms with E-state index in [2.05, 4.69) is 4.74 Å². The van der Waals surface area contributed by atoms with E-state index in [1.807, 2.05) is 6.07 Å². The highest BCUT2D eigenvalue weighted by Crippen LogP contribution is 2.10. The number of esters is 2. The molecule has 0 amide bonds.